The van der Waals surface area contributed by atoms with Crippen LogP contribution >= 0.6 is 11.3 Å². The Morgan fingerprint density at radius 1 is 0.947 bits per heavy atom. The van der Waals surface area contributed by atoms with Gasteiger partial charge < -0.3 is 24.4 Å². The summed E-state index contributed by atoms with van der Waals surface area (Å²) >= 11 is 1.35. The highest BCUT2D eigenvalue weighted by molar-refractivity contribution is 7.12. The van der Waals surface area contributed by atoms with Crippen molar-refractivity contribution >= 4 is 34.4 Å². The second-order valence-electron chi connectivity index (χ2n) is 9.88. The third-order valence-electron chi connectivity index (χ3n) is 6.90. The minimum atomic E-state index is -0.377. The van der Waals surface area contributed by atoms with Gasteiger partial charge in [-0.25, -0.2) is 4.79 Å². The number of nitrogens with one attached hydrogen (secondary N) is 1. The van der Waals surface area contributed by atoms with E-state index in [4.69, 9.17) is 14.2 Å². The Labute approximate surface area is 226 Å². The maximum atomic E-state index is 12.5. The fourth-order valence-electron chi connectivity index (χ4n) is 5.29. The fourth-order valence-corrected chi connectivity index (χ4v) is 5.89. The van der Waals surface area contributed by atoms with Crippen LogP contribution in [0.15, 0.2) is 78.2 Å². The first-order valence-corrected chi connectivity index (χ1v) is 13.3. The summed E-state index contributed by atoms with van der Waals surface area (Å²) in [6.07, 6.45) is 2.28. The van der Waals surface area contributed by atoms with E-state index in [9.17, 15) is 4.79 Å². The first-order chi connectivity index (χ1) is 18.4. The molecule has 0 saturated carbocycles. The molecule has 1 aromatic heterocycles. The van der Waals surface area contributed by atoms with Crippen LogP contribution in [0, 0.1) is 0 Å². The summed E-state index contributed by atoms with van der Waals surface area (Å²) in [6, 6.07) is 21.5. The van der Waals surface area contributed by atoms with Crippen LogP contribution in [0.5, 0.6) is 17.2 Å². The number of para-hydroxylation sites is 2. The number of benzene rings is 3. The molecular weight excluding hydrogens is 496 g/mol. The molecular formula is C31H28N2O4S. The van der Waals surface area contributed by atoms with Crippen LogP contribution in [-0.2, 0) is 6.54 Å². The van der Waals surface area contributed by atoms with E-state index in [2.05, 4.69) is 48.3 Å². The molecule has 0 unspecified atom stereocenters. The topological polar surface area (TPSA) is 60.0 Å². The van der Waals surface area contributed by atoms with Gasteiger partial charge in [-0.1, -0.05) is 24.3 Å². The summed E-state index contributed by atoms with van der Waals surface area (Å²) in [4.78, 5) is 15.4. The predicted octanol–water partition coefficient (Wildman–Crippen LogP) is 7.22. The molecule has 0 amide bonds. The van der Waals surface area contributed by atoms with E-state index in [1.807, 2.05) is 41.8 Å². The number of anilines is 2. The van der Waals surface area contributed by atoms with Gasteiger partial charge in [0.15, 0.2) is 0 Å². The molecule has 6 nitrogen and oxygen atoms in total. The second-order valence-corrected chi connectivity index (χ2v) is 10.8. The van der Waals surface area contributed by atoms with Crippen LogP contribution in [0.3, 0.4) is 0 Å². The van der Waals surface area contributed by atoms with E-state index in [0.29, 0.717) is 22.9 Å². The summed E-state index contributed by atoms with van der Waals surface area (Å²) in [7, 11) is 3.34. The summed E-state index contributed by atoms with van der Waals surface area (Å²) < 4.78 is 17.1. The molecule has 0 fully saturated rings. The molecule has 38 heavy (non-hydrogen) atoms. The largest absolute Gasteiger partial charge is 0.496 e. The van der Waals surface area contributed by atoms with Gasteiger partial charge in [-0.3, -0.25) is 0 Å². The smallest absolute Gasteiger partial charge is 0.353 e. The van der Waals surface area contributed by atoms with Crippen LogP contribution in [0.4, 0.5) is 11.4 Å². The lowest BCUT2D eigenvalue weighted by molar-refractivity contribution is 0.0739. The molecule has 6 rings (SSSR count). The Morgan fingerprint density at radius 3 is 2.50 bits per heavy atom. The van der Waals surface area contributed by atoms with Crippen molar-refractivity contribution in [1.29, 1.82) is 0 Å². The molecule has 192 valence electrons. The molecule has 0 spiro atoms. The molecule has 0 bridgehead atoms. The molecule has 3 aromatic carbocycles. The third kappa shape index (κ3) is 4.09. The molecule has 2 aliphatic heterocycles. The summed E-state index contributed by atoms with van der Waals surface area (Å²) in [6.45, 7) is 5.03. The van der Waals surface area contributed by atoms with Crippen molar-refractivity contribution in [2.45, 2.75) is 25.9 Å². The number of carbonyl (C=O) groups excluding carboxylic acids is 1. The number of rotatable bonds is 6. The van der Waals surface area contributed by atoms with Crippen molar-refractivity contribution < 1.29 is 19.0 Å². The minimum Gasteiger partial charge on any atom is -0.496 e. The second kappa shape index (κ2) is 9.26. The van der Waals surface area contributed by atoms with Crippen LogP contribution in [0.2, 0.25) is 0 Å². The fraction of sp³-hybridized carbons (Fsp3) is 0.194. The van der Waals surface area contributed by atoms with E-state index in [1.165, 1.54) is 22.5 Å². The quantitative estimate of drug-likeness (QED) is 0.212. The van der Waals surface area contributed by atoms with Crippen molar-refractivity contribution in [2.75, 3.05) is 24.4 Å². The zero-order valence-electron chi connectivity index (χ0n) is 21.7. The van der Waals surface area contributed by atoms with Gasteiger partial charge in [-0.05, 0) is 72.8 Å². The van der Waals surface area contributed by atoms with Gasteiger partial charge in [0, 0.05) is 35.1 Å². The van der Waals surface area contributed by atoms with Gasteiger partial charge >= 0.3 is 5.97 Å². The Bertz CT molecular complexity index is 1570. The maximum Gasteiger partial charge on any atom is 0.353 e. The lowest BCUT2D eigenvalue weighted by Gasteiger charge is -2.33. The molecule has 0 aliphatic carbocycles. The highest BCUT2D eigenvalue weighted by atomic mass is 32.1. The summed E-state index contributed by atoms with van der Waals surface area (Å²) in [5, 5.41) is 5.53. The Hall–Kier alpha value is -4.23. The van der Waals surface area contributed by atoms with Gasteiger partial charge in [-0.15, -0.1) is 11.3 Å². The van der Waals surface area contributed by atoms with E-state index in [-0.39, 0.29) is 11.5 Å². The van der Waals surface area contributed by atoms with Crippen molar-refractivity contribution in [3.05, 3.63) is 94.2 Å². The number of thiophene rings is 1. The Kier molecular flexibility index (Phi) is 5.88. The molecule has 3 heterocycles. The molecule has 0 atom stereocenters. The van der Waals surface area contributed by atoms with Crippen LogP contribution < -0.4 is 24.4 Å². The van der Waals surface area contributed by atoms with E-state index in [0.717, 1.165) is 33.9 Å². The maximum absolute atomic E-state index is 12.5. The zero-order valence-corrected chi connectivity index (χ0v) is 22.5. The van der Waals surface area contributed by atoms with Crippen molar-refractivity contribution in [2.24, 2.45) is 0 Å². The number of hydrogen-bond acceptors (Lipinski definition) is 7. The van der Waals surface area contributed by atoms with E-state index >= 15 is 0 Å². The number of hydrogen-bond donors (Lipinski definition) is 1. The average Bonchev–Trinajstić information content (AvgIpc) is 3.58. The number of nitrogens with zero attached hydrogens (tertiary/aromatic N) is 1. The van der Waals surface area contributed by atoms with Gasteiger partial charge in [0.05, 0.1) is 25.4 Å². The predicted molar refractivity (Wildman–Crippen MR) is 153 cm³/mol. The lowest BCUT2D eigenvalue weighted by atomic mass is 9.89. The molecule has 0 saturated heterocycles. The van der Waals surface area contributed by atoms with Crippen LogP contribution in [-0.4, -0.2) is 25.7 Å². The number of esters is 1. The van der Waals surface area contributed by atoms with Gasteiger partial charge in [-0.2, -0.15) is 0 Å². The van der Waals surface area contributed by atoms with E-state index in [1.54, 1.807) is 26.4 Å². The lowest BCUT2D eigenvalue weighted by Crippen LogP contribution is -2.33. The number of ether oxygens (including phenoxy) is 3. The Balaban J connectivity index is 1.44. The van der Waals surface area contributed by atoms with E-state index < -0.39 is 0 Å². The monoisotopic (exact) mass is 524 g/mol. The van der Waals surface area contributed by atoms with Gasteiger partial charge in [0.1, 0.15) is 22.1 Å². The average molecular weight is 525 g/mol. The van der Waals surface area contributed by atoms with Crippen LogP contribution in [0.1, 0.15) is 34.6 Å². The molecule has 7 heteroatoms. The van der Waals surface area contributed by atoms with Crippen molar-refractivity contribution in [3.63, 3.8) is 0 Å². The normalized spacial score (nSPS) is 14.8. The SMILES string of the molecule is COc1cc(OC(=O)c2cccs2)ccc1-c1ccc2c3c1CN(c1ccccc1OC)C3=CC(C)(C)N2. The summed E-state index contributed by atoms with van der Waals surface area (Å²) in [5.74, 6) is 1.54. The highest BCUT2D eigenvalue weighted by Crippen LogP contribution is 2.51. The Morgan fingerprint density at radius 2 is 1.74 bits per heavy atom. The van der Waals surface area contributed by atoms with Gasteiger partial charge in [0.2, 0.25) is 0 Å². The first-order valence-electron chi connectivity index (χ1n) is 12.4. The third-order valence-corrected chi connectivity index (χ3v) is 7.75. The minimum absolute atomic E-state index is 0.211. The standard InChI is InChI=1S/C31H28N2O4S/c1-31(2)17-25-29-22(18-33(25)24-8-5-6-9-26(24)35-3)20(13-14-23(29)32-31)21-12-11-19(16-27(21)36-4)37-30(34)28-10-7-15-38-28/h5-17,32H,18H2,1-4H3. The van der Waals surface area contributed by atoms with Crippen molar-refractivity contribution in [1.82, 2.24) is 0 Å². The molecule has 1 N–H and O–H groups in total. The highest BCUT2D eigenvalue weighted by Gasteiger charge is 2.37. The zero-order chi connectivity index (χ0) is 26.4. The first kappa shape index (κ1) is 24.1. The molecule has 4 aromatic rings. The number of methoxy groups -OCH3 is 2. The van der Waals surface area contributed by atoms with Crippen LogP contribution in [0.25, 0.3) is 16.8 Å². The molecule has 2 aliphatic rings. The van der Waals surface area contributed by atoms with Gasteiger partial charge in [0.25, 0.3) is 0 Å². The molecule has 0 radical (unpaired) electrons. The summed E-state index contributed by atoms with van der Waals surface area (Å²) in [5.41, 5.74) is 7.46. The number of carbonyl (C=O) groups is 1. The van der Waals surface area contributed by atoms with Crippen molar-refractivity contribution in [3.8, 4) is 28.4 Å².